The summed E-state index contributed by atoms with van der Waals surface area (Å²) in [5, 5.41) is 3.92. The van der Waals surface area contributed by atoms with E-state index in [4.69, 9.17) is 0 Å². The van der Waals surface area contributed by atoms with Crippen LogP contribution in [0.25, 0.3) is 10.1 Å². The first-order chi connectivity index (χ1) is 10.1. The molecular formula is C16H12F3NS. The first kappa shape index (κ1) is 14.1. The van der Waals surface area contributed by atoms with Gasteiger partial charge in [-0.05, 0) is 24.6 Å². The highest BCUT2D eigenvalue weighted by atomic mass is 32.1. The largest absolute Gasteiger partial charge is 0.308 e. The summed E-state index contributed by atoms with van der Waals surface area (Å²) in [6.07, 6.45) is 0. The summed E-state index contributed by atoms with van der Waals surface area (Å²) < 4.78 is 42.0. The Bertz CT molecular complexity index is 741. The normalized spacial score (nSPS) is 12.8. The maximum atomic E-state index is 14.0. The van der Waals surface area contributed by atoms with Crippen LogP contribution in [0.3, 0.4) is 0 Å². The molecule has 0 aliphatic carbocycles. The van der Waals surface area contributed by atoms with Crippen LogP contribution in [0, 0.1) is 17.5 Å². The van der Waals surface area contributed by atoms with Gasteiger partial charge in [0.05, 0.1) is 6.04 Å². The van der Waals surface area contributed by atoms with Gasteiger partial charge >= 0.3 is 0 Å². The Hall–Kier alpha value is -1.85. The number of hydrogen-bond acceptors (Lipinski definition) is 2. The summed E-state index contributed by atoms with van der Waals surface area (Å²) >= 11 is 1.46. The van der Waals surface area contributed by atoms with Crippen LogP contribution in [0.1, 0.15) is 16.5 Å². The lowest BCUT2D eigenvalue weighted by Crippen LogP contribution is -2.19. The molecule has 1 N–H and O–H groups in total. The molecule has 1 atom stereocenters. The van der Waals surface area contributed by atoms with E-state index >= 15 is 0 Å². The van der Waals surface area contributed by atoms with Gasteiger partial charge in [-0.2, -0.15) is 0 Å². The van der Waals surface area contributed by atoms with Gasteiger partial charge in [0.15, 0.2) is 0 Å². The monoisotopic (exact) mass is 307 g/mol. The molecule has 21 heavy (non-hydrogen) atoms. The molecule has 3 aromatic rings. The number of thiophene rings is 1. The molecule has 0 fully saturated rings. The Morgan fingerprint density at radius 2 is 1.67 bits per heavy atom. The van der Waals surface area contributed by atoms with Gasteiger partial charge in [0.1, 0.15) is 17.5 Å². The molecule has 0 bridgehead atoms. The Morgan fingerprint density at radius 1 is 1.00 bits per heavy atom. The predicted octanol–water partition coefficient (Wildman–Crippen LogP) is 4.63. The zero-order valence-corrected chi connectivity index (χ0v) is 12.0. The van der Waals surface area contributed by atoms with E-state index in [1.807, 2.05) is 30.3 Å². The molecule has 108 valence electrons. The van der Waals surface area contributed by atoms with Gasteiger partial charge in [-0.25, -0.2) is 13.2 Å². The fourth-order valence-electron chi connectivity index (χ4n) is 2.40. The molecule has 0 aliphatic rings. The van der Waals surface area contributed by atoms with Crippen LogP contribution in [0.2, 0.25) is 0 Å². The highest BCUT2D eigenvalue weighted by Crippen LogP contribution is 2.35. The van der Waals surface area contributed by atoms with Crippen molar-refractivity contribution in [3.05, 3.63) is 70.4 Å². The van der Waals surface area contributed by atoms with Crippen molar-refractivity contribution < 1.29 is 13.2 Å². The highest BCUT2D eigenvalue weighted by molar-refractivity contribution is 7.19. The smallest absolute Gasteiger partial charge is 0.134 e. The Morgan fingerprint density at radius 3 is 2.29 bits per heavy atom. The fourth-order valence-corrected chi connectivity index (χ4v) is 3.59. The average molecular weight is 307 g/mol. The number of hydrogen-bond donors (Lipinski definition) is 1. The third-order valence-corrected chi connectivity index (χ3v) is 4.53. The summed E-state index contributed by atoms with van der Waals surface area (Å²) in [5.41, 5.74) is -0.162. The van der Waals surface area contributed by atoms with Crippen molar-refractivity contribution in [2.24, 2.45) is 0 Å². The highest BCUT2D eigenvalue weighted by Gasteiger charge is 2.23. The number of fused-ring (bicyclic) bond motifs is 1. The van der Waals surface area contributed by atoms with E-state index in [0.717, 1.165) is 15.0 Å². The third kappa shape index (κ3) is 2.54. The lowest BCUT2D eigenvalue weighted by atomic mass is 10.0. The lowest BCUT2D eigenvalue weighted by Gasteiger charge is -2.16. The first-order valence-corrected chi connectivity index (χ1v) is 7.22. The van der Waals surface area contributed by atoms with Gasteiger partial charge in [0.2, 0.25) is 0 Å². The molecule has 1 heterocycles. The maximum absolute atomic E-state index is 14.0. The molecule has 0 aliphatic heterocycles. The van der Waals surface area contributed by atoms with E-state index in [9.17, 15) is 13.2 Å². The molecule has 5 heteroatoms. The van der Waals surface area contributed by atoms with Crippen LogP contribution in [-0.2, 0) is 0 Å². The van der Waals surface area contributed by atoms with E-state index in [2.05, 4.69) is 5.32 Å². The SMILES string of the molecule is CNC(c1cc2ccccc2s1)c1c(F)cc(F)cc1F. The zero-order chi connectivity index (χ0) is 15.0. The van der Waals surface area contributed by atoms with Crippen molar-refractivity contribution in [1.29, 1.82) is 0 Å². The summed E-state index contributed by atoms with van der Waals surface area (Å²) in [6.45, 7) is 0. The van der Waals surface area contributed by atoms with E-state index in [-0.39, 0.29) is 5.56 Å². The van der Waals surface area contributed by atoms with E-state index in [0.29, 0.717) is 12.1 Å². The summed E-state index contributed by atoms with van der Waals surface area (Å²) in [6, 6.07) is 10.4. The number of benzene rings is 2. The standard InChI is InChI=1S/C16H12F3NS/c1-20-16(15-11(18)7-10(17)8-12(15)19)14-6-9-4-2-3-5-13(9)21-14/h2-8,16,20H,1H3. The van der Waals surface area contributed by atoms with Gasteiger partial charge in [-0.1, -0.05) is 18.2 Å². The Labute approximate surface area is 124 Å². The number of rotatable bonds is 3. The third-order valence-electron chi connectivity index (χ3n) is 3.35. The summed E-state index contributed by atoms with van der Waals surface area (Å²) in [5.74, 6) is -2.69. The second-order valence-electron chi connectivity index (χ2n) is 4.69. The topological polar surface area (TPSA) is 12.0 Å². The molecule has 1 nitrogen and oxygen atoms in total. The molecule has 1 aromatic heterocycles. The molecule has 0 amide bonds. The van der Waals surface area contributed by atoms with Crippen molar-refractivity contribution in [2.45, 2.75) is 6.04 Å². The Kier molecular flexibility index (Phi) is 3.69. The second kappa shape index (κ2) is 5.50. The van der Waals surface area contributed by atoms with Gasteiger partial charge in [-0.3, -0.25) is 0 Å². The minimum atomic E-state index is -0.917. The number of nitrogens with one attached hydrogen (secondary N) is 1. The van der Waals surface area contributed by atoms with Gasteiger partial charge in [-0.15, -0.1) is 11.3 Å². The minimum Gasteiger partial charge on any atom is -0.308 e. The van der Waals surface area contributed by atoms with Crippen molar-refractivity contribution in [3.8, 4) is 0 Å². The van der Waals surface area contributed by atoms with Gasteiger partial charge < -0.3 is 5.32 Å². The maximum Gasteiger partial charge on any atom is 0.134 e. The number of halogens is 3. The molecule has 0 saturated carbocycles. The molecule has 2 aromatic carbocycles. The summed E-state index contributed by atoms with van der Waals surface area (Å²) in [4.78, 5) is 0.781. The van der Waals surface area contributed by atoms with Crippen LogP contribution in [-0.4, -0.2) is 7.05 Å². The van der Waals surface area contributed by atoms with E-state index in [1.54, 1.807) is 7.05 Å². The van der Waals surface area contributed by atoms with E-state index < -0.39 is 23.5 Å². The lowest BCUT2D eigenvalue weighted by molar-refractivity contribution is 0.502. The molecule has 0 spiro atoms. The zero-order valence-electron chi connectivity index (χ0n) is 11.2. The van der Waals surface area contributed by atoms with Crippen LogP contribution in [0.4, 0.5) is 13.2 Å². The van der Waals surface area contributed by atoms with Crippen LogP contribution >= 0.6 is 11.3 Å². The van der Waals surface area contributed by atoms with Crippen LogP contribution < -0.4 is 5.32 Å². The fraction of sp³-hybridized carbons (Fsp3) is 0.125. The van der Waals surface area contributed by atoms with E-state index in [1.165, 1.54) is 11.3 Å². The van der Waals surface area contributed by atoms with Crippen LogP contribution in [0.5, 0.6) is 0 Å². The van der Waals surface area contributed by atoms with Crippen molar-refractivity contribution in [1.82, 2.24) is 5.32 Å². The predicted molar refractivity (Wildman–Crippen MR) is 79.0 cm³/mol. The van der Waals surface area contributed by atoms with Gasteiger partial charge in [0.25, 0.3) is 0 Å². The summed E-state index contributed by atoms with van der Waals surface area (Å²) in [7, 11) is 1.62. The van der Waals surface area contributed by atoms with Crippen molar-refractivity contribution >= 4 is 21.4 Å². The second-order valence-corrected chi connectivity index (χ2v) is 5.81. The minimum absolute atomic E-state index is 0.162. The van der Waals surface area contributed by atoms with Gasteiger partial charge in [0, 0.05) is 27.3 Å². The Balaban J connectivity index is 2.14. The molecule has 3 rings (SSSR count). The molecule has 0 saturated heterocycles. The van der Waals surface area contributed by atoms with Crippen molar-refractivity contribution in [2.75, 3.05) is 7.05 Å². The molecular weight excluding hydrogens is 295 g/mol. The quantitative estimate of drug-likeness (QED) is 0.744. The molecule has 1 unspecified atom stereocenters. The van der Waals surface area contributed by atoms with Crippen molar-refractivity contribution in [3.63, 3.8) is 0 Å². The first-order valence-electron chi connectivity index (χ1n) is 6.40. The average Bonchev–Trinajstić information content (AvgIpc) is 2.85. The van der Waals surface area contributed by atoms with Crippen LogP contribution in [0.15, 0.2) is 42.5 Å². The molecule has 0 radical (unpaired) electrons.